The van der Waals surface area contributed by atoms with Crippen molar-refractivity contribution in [3.63, 3.8) is 0 Å². The zero-order valence-corrected chi connectivity index (χ0v) is 11.3. The number of anilines is 1. The van der Waals surface area contributed by atoms with Crippen LogP contribution in [0.3, 0.4) is 0 Å². The van der Waals surface area contributed by atoms with E-state index in [1.54, 1.807) is 7.11 Å². The Labute approximate surface area is 111 Å². The number of aromatic nitrogens is 1. The molecule has 1 aromatic rings. The molecule has 0 unspecified atom stereocenters. The average molecular weight is 276 g/mol. The number of rotatable bonds is 6. The third kappa shape index (κ3) is 5.46. The maximum atomic E-state index is 12.4. The molecule has 108 valence electrons. The summed E-state index contributed by atoms with van der Waals surface area (Å²) >= 11 is 0. The molecule has 0 saturated carbocycles. The summed E-state index contributed by atoms with van der Waals surface area (Å²) in [5.41, 5.74) is -0.753. The van der Waals surface area contributed by atoms with Crippen LogP contribution in [-0.4, -0.2) is 25.2 Å². The van der Waals surface area contributed by atoms with E-state index in [9.17, 15) is 13.2 Å². The van der Waals surface area contributed by atoms with Crippen LogP contribution in [0.2, 0.25) is 0 Å². The van der Waals surface area contributed by atoms with Crippen molar-refractivity contribution >= 4 is 5.82 Å². The number of pyridine rings is 1. The van der Waals surface area contributed by atoms with Gasteiger partial charge in [-0.1, -0.05) is 13.8 Å². The molecule has 0 saturated heterocycles. The Bertz CT molecular complexity index is 388. The van der Waals surface area contributed by atoms with Crippen molar-refractivity contribution in [2.45, 2.75) is 26.4 Å². The van der Waals surface area contributed by atoms with Gasteiger partial charge in [0.15, 0.2) is 0 Å². The van der Waals surface area contributed by atoms with E-state index in [0.29, 0.717) is 19.0 Å². The first-order valence-electron chi connectivity index (χ1n) is 6.01. The number of alkyl halides is 3. The minimum atomic E-state index is -4.34. The van der Waals surface area contributed by atoms with Gasteiger partial charge in [0.25, 0.3) is 0 Å². The van der Waals surface area contributed by atoms with Gasteiger partial charge in [0.2, 0.25) is 0 Å². The Morgan fingerprint density at radius 3 is 2.42 bits per heavy atom. The van der Waals surface area contributed by atoms with Gasteiger partial charge in [-0.15, -0.1) is 0 Å². The molecular weight excluding hydrogens is 257 g/mol. The summed E-state index contributed by atoms with van der Waals surface area (Å²) in [6.45, 7) is 5.38. The van der Waals surface area contributed by atoms with Crippen LogP contribution in [0.25, 0.3) is 0 Å². The van der Waals surface area contributed by atoms with Crippen LogP contribution in [0.15, 0.2) is 18.3 Å². The summed E-state index contributed by atoms with van der Waals surface area (Å²) in [6, 6.07) is 2.37. The number of nitrogens with zero attached hydrogens (tertiary/aromatic N) is 1. The Morgan fingerprint density at radius 1 is 1.26 bits per heavy atom. The summed E-state index contributed by atoms with van der Waals surface area (Å²) in [4.78, 5) is 3.77. The third-order valence-electron chi connectivity index (χ3n) is 2.82. The highest BCUT2D eigenvalue weighted by atomic mass is 19.4. The Balaban J connectivity index is 2.54. The van der Waals surface area contributed by atoms with Crippen molar-refractivity contribution in [2.75, 3.05) is 25.6 Å². The van der Waals surface area contributed by atoms with E-state index in [0.717, 1.165) is 18.7 Å². The van der Waals surface area contributed by atoms with E-state index in [1.807, 2.05) is 0 Å². The normalized spacial score (nSPS) is 12.5. The molecule has 0 aliphatic rings. The highest BCUT2D eigenvalue weighted by Gasteiger charge is 2.30. The van der Waals surface area contributed by atoms with E-state index in [1.165, 1.54) is 6.07 Å². The van der Waals surface area contributed by atoms with Gasteiger partial charge in [0, 0.05) is 26.5 Å². The number of hydrogen-bond acceptors (Lipinski definition) is 3. The fourth-order valence-corrected chi connectivity index (χ4v) is 1.46. The van der Waals surface area contributed by atoms with Crippen molar-refractivity contribution in [1.82, 2.24) is 4.98 Å². The predicted molar refractivity (Wildman–Crippen MR) is 68.0 cm³/mol. The van der Waals surface area contributed by atoms with Crippen LogP contribution in [0.4, 0.5) is 19.0 Å². The summed E-state index contributed by atoms with van der Waals surface area (Å²) in [6.07, 6.45) is -2.65. The van der Waals surface area contributed by atoms with Gasteiger partial charge < -0.3 is 10.1 Å². The summed E-state index contributed by atoms with van der Waals surface area (Å²) < 4.78 is 42.1. The Morgan fingerprint density at radius 2 is 1.95 bits per heavy atom. The fraction of sp³-hybridized carbons (Fsp3) is 0.615. The van der Waals surface area contributed by atoms with Crippen molar-refractivity contribution in [3.05, 3.63) is 23.9 Å². The first-order chi connectivity index (χ1) is 8.74. The number of halogens is 3. The second-order valence-electron chi connectivity index (χ2n) is 5.19. The van der Waals surface area contributed by atoms with Crippen LogP contribution < -0.4 is 5.32 Å². The molecule has 0 aliphatic carbocycles. The van der Waals surface area contributed by atoms with E-state index in [2.05, 4.69) is 24.1 Å². The van der Waals surface area contributed by atoms with Gasteiger partial charge in [-0.05, 0) is 24.0 Å². The summed E-state index contributed by atoms with van der Waals surface area (Å²) in [5, 5.41) is 3.04. The Kier molecular flexibility index (Phi) is 5.17. The first kappa shape index (κ1) is 15.8. The molecule has 0 spiro atoms. The van der Waals surface area contributed by atoms with Crippen LogP contribution >= 0.6 is 0 Å². The minimum Gasteiger partial charge on any atom is -0.385 e. The monoisotopic (exact) mass is 276 g/mol. The van der Waals surface area contributed by atoms with Crippen molar-refractivity contribution in [3.8, 4) is 0 Å². The molecule has 1 rings (SSSR count). The summed E-state index contributed by atoms with van der Waals surface area (Å²) in [7, 11) is 1.64. The van der Waals surface area contributed by atoms with Crippen molar-refractivity contribution < 1.29 is 17.9 Å². The molecule has 3 nitrogen and oxygen atoms in total. The number of methoxy groups -OCH3 is 1. The first-order valence-corrected chi connectivity index (χ1v) is 6.01. The molecule has 0 amide bonds. The lowest BCUT2D eigenvalue weighted by Crippen LogP contribution is -2.25. The maximum absolute atomic E-state index is 12.4. The smallest absolute Gasteiger partial charge is 0.385 e. The summed E-state index contributed by atoms with van der Waals surface area (Å²) in [5.74, 6) is 0.443. The van der Waals surface area contributed by atoms with Gasteiger partial charge >= 0.3 is 6.18 Å². The second-order valence-corrected chi connectivity index (χ2v) is 5.19. The number of hydrogen-bond donors (Lipinski definition) is 1. The minimum absolute atomic E-state index is 0.0135. The van der Waals surface area contributed by atoms with Crippen LogP contribution in [0, 0.1) is 5.41 Å². The predicted octanol–water partition coefficient (Wildman–Crippen LogP) is 3.58. The topological polar surface area (TPSA) is 34.1 Å². The van der Waals surface area contributed by atoms with Crippen LogP contribution in [0.1, 0.15) is 25.8 Å². The second kappa shape index (κ2) is 6.23. The maximum Gasteiger partial charge on any atom is 0.417 e. The zero-order valence-electron chi connectivity index (χ0n) is 11.3. The molecule has 0 atom stereocenters. The molecule has 1 aromatic heterocycles. The molecule has 0 radical (unpaired) electrons. The molecule has 6 heteroatoms. The fourth-order valence-electron chi connectivity index (χ4n) is 1.46. The molecule has 0 aromatic carbocycles. The SMILES string of the molecule is COCCC(C)(C)CNc1ccc(C(F)(F)F)cn1. The largest absolute Gasteiger partial charge is 0.417 e. The van der Waals surface area contributed by atoms with E-state index >= 15 is 0 Å². The lowest BCUT2D eigenvalue weighted by atomic mass is 9.90. The van der Waals surface area contributed by atoms with Crippen LogP contribution in [-0.2, 0) is 10.9 Å². The lowest BCUT2D eigenvalue weighted by Gasteiger charge is -2.24. The van der Waals surface area contributed by atoms with Gasteiger partial charge in [-0.3, -0.25) is 0 Å². The molecular formula is C13H19F3N2O. The van der Waals surface area contributed by atoms with E-state index in [-0.39, 0.29) is 5.41 Å². The van der Waals surface area contributed by atoms with Crippen molar-refractivity contribution in [1.29, 1.82) is 0 Å². The van der Waals surface area contributed by atoms with Gasteiger partial charge in [-0.25, -0.2) is 4.98 Å². The quantitative estimate of drug-likeness (QED) is 0.862. The Hall–Kier alpha value is -1.30. The number of nitrogens with one attached hydrogen (secondary N) is 1. The average Bonchev–Trinajstić information content (AvgIpc) is 2.34. The number of ether oxygens (including phenoxy) is 1. The lowest BCUT2D eigenvalue weighted by molar-refractivity contribution is -0.137. The van der Waals surface area contributed by atoms with E-state index < -0.39 is 11.7 Å². The molecule has 0 fully saturated rings. The van der Waals surface area contributed by atoms with Crippen molar-refractivity contribution in [2.24, 2.45) is 5.41 Å². The molecule has 1 heterocycles. The van der Waals surface area contributed by atoms with Gasteiger partial charge in [0.1, 0.15) is 5.82 Å². The highest BCUT2D eigenvalue weighted by molar-refractivity contribution is 5.36. The van der Waals surface area contributed by atoms with Gasteiger partial charge in [-0.2, -0.15) is 13.2 Å². The van der Waals surface area contributed by atoms with E-state index in [4.69, 9.17) is 4.74 Å². The molecule has 19 heavy (non-hydrogen) atoms. The highest BCUT2D eigenvalue weighted by Crippen LogP contribution is 2.29. The zero-order chi connectivity index (χ0) is 14.5. The van der Waals surface area contributed by atoms with Crippen LogP contribution in [0.5, 0.6) is 0 Å². The molecule has 1 N–H and O–H groups in total. The third-order valence-corrected chi connectivity index (χ3v) is 2.82. The standard InChI is InChI=1S/C13H19F3N2O/c1-12(2,6-7-19-3)9-18-11-5-4-10(8-17-11)13(14,15)16/h4-5,8H,6-7,9H2,1-3H3,(H,17,18). The molecule has 0 aliphatic heterocycles. The van der Waals surface area contributed by atoms with Gasteiger partial charge in [0.05, 0.1) is 5.56 Å². The molecule has 0 bridgehead atoms.